The van der Waals surface area contributed by atoms with E-state index < -0.39 is 5.41 Å². The van der Waals surface area contributed by atoms with Crippen molar-refractivity contribution in [2.45, 2.75) is 20.8 Å². The van der Waals surface area contributed by atoms with E-state index in [9.17, 15) is 4.79 Å². The molecule has 1 heterocycles. The smallest absolute Gasteiger partial charge is 0.169 e. The van der Waals surface area contributed by atoms with Gasteiger partial charge in [-0.25, -0.2) is 0 Å². The maximum absolute atomic E-state index is 11.8. The van der Waals surface area contributed by atoms with Crippen molar-refractivity contribution in [1.29, 1.82) is 0 Å². The van der Waals surface area contributed by atoms with Crippen LogP contribution in [0.25, 0.3) is 0 Å². The van der Waals surface area contributed by atoms with Crippen molar-refractivity contribution in [2.75, 3.05) is 0 Å². The fourth-order valence-corrected chi connectivity index (χ4v) is 1.17. The van der Waals surface area contributed by atoms with Crippen LogP contribution in [0.3, 0.4) is 0 Å². The molecule has 0 aromatic carbocycles. The van der Waals surface area contributed by atoms with Gasteiger partial charge in [0.1, 0.15) is 0 Å². The van der Waals surface area contributed by atoms with Gasteiger partial charge in [-0.05, 0) is 6.07 Å². The minimum absolute atomic E-state index is 0.0416. The predicted octanol–water partition coefficient (Wildman–Crippen LogP) is 2.96. The van der Waals surface area contributed by atoms with Crippen LogP contribution < -0.4 is 0 Å². The van der Waals surface area contributed by atoms with Gasteiger partial charge in [0, 0.05) is 23.4 Å². The minimum atomic E-state index is -0.398. The van der Waals surface area contributed by atoms with Crippen LogP contribution in [0, 0.1) is 5.41 Å². The molecule has 0 spiro atoms. The first-order valence-corrected chi connectivity index (χ1v) is 4.45. The quantitative estimate of drug-likeness (QED) is 0.648. The summed E-state index contributed by atoms with van der Waals surface area (Å²) in [4.78, 5) is 15.6. The fraction of sp³-hybridized carbons (Fsp3) is 0.400. The van der Waals surface area contributed by atoms with Crippen molar-refractivity contribution >= 4 is 17.4 Å². The summed E-state index contributed by atoms with van der Waals surface area (Å²) >= 11 is 5.84. The summed E-state index contributed by atoms with van der Waals surface area (Å²) in [5.41, 5.74) is 0.148. The molecule has 1 aromatic heterocycles. The fourth-order valence-electron chi connectivity index (χ4n) is 0.963. The van der Waals surface area contributed by atoms with Crippen LogP contribution in [0.5, 0.6) is 0 Å². The third-order valence-corrected chi connectivity index (χ3v) is 2.00. The molecule has 0 saturated heterocycles. The Bertz CT molecular complexity index is 328. The van der Waals surface area contributed by atoms with E-state index in [1.54, 1.807) is 12.3 Å². The van der Waals surface area contributed by atoms with Gasteiger partial charge < -0.3 is 0 Å². The lowest BCUT2D eigenvalue weighted by atomic mass is 9.87. The largest absolute Gasteiger partial charge is 0.294 e. The van der Waals surface area contributed by atoms with E-state index in [2.05, 4.69) is 4.98 Å². The van der Waals surface area contributed by atoms with Gasteiger partial charge in [-0.15, -0.1) is 0 Å². The number of ketones is 1. The first kappa shape index (κ1) is 10.2. The Morgan fingerprint density at radius 1 is 1.46 bits per heavy atom. The number of hydrogen-bond donors (Lipinski definition) is 0. The lowest BCUT2D eigenvalue weighted by Crippen LogP contribution is -2.20. The Morgan fingerprint density at radius 2 is 2.08 bits per heavy atom. The number of pyridine rings is 1. The van der Waals surface area contributed by atoms with Gasteiger partial charge in [0.05, 0.1) is 5.02 Å². The average molecular weight is 198 g/mol. The molecule has 70 valence electrons. The van der Waals surface area contributed by atoms with E-state index in [4.69, 9.17) is 11.6 Å². The molecule has 1 aromatic rings. The van der Waals surface area contributed by atoms with Gasteiger partial charge in [-0.3, -0.25) is 9.78 Å². The van der Waals surface area contributed by atoms with Crippen molar-refractivity contribution in [3.8, 4) is 0 Å². The van der Waals surface area contributed by atoms with Gasteiger partial charge in [0.25, 0.3) is 0 Å². The lowest BCUT2D eigenvalue weighted by Gasteiger charge is -2.16. The summed E-state index contributed by atoms with van der Waals surface area (Å²) < 4.78 is 0. The number of rotatable bonds is 1. The maximum Gasteiger partial charge on any atom is 0.169 e. The molecular formula is C10H12ClNO. The number of aromatic nitrogens is 1. The van der Waals surface area contributed by atoms with Crippen molar-refractivity contribution < 1.29 is 4.79 Å². The first-order valence-electron chi connectivity index (χ1n) is 4.07. The third kappa shape index (κ3) is 2.28. The molecule has 0 radical (unpaired) electrons. The maximum atomic E-state index is 11.8. The van der Waals surface area contributed by atoms with Crippen LogP contribution in [0.2, 0.25) is 5.02 Å². The molecular weight excluding hydrogens is 186 g/mol. The number of Topliss-reactive ketones (excluding diaryl/α,β-unsaturated/α-hetero) is 1. The second-order valence-electron chi connectivity index (χ2n) is 3.93. The Kier molecular flexibility index (Phi) is 2.71. The Hall–Kier alpha value is -0.890. The summed E-state index contributed by atoms with van der Waals surface area (Å²) in [5.74, 6) is 0.0416. The molecule has 2 nitrogen and oxygen atoms in total. The third-order valence-electron chi connectivity index (χ3n) is 1.70. The van der Waals surface area contributed by atoms with Crippen LogP contribution >= 0.6 is 11.6 Å². The van der Waals surface area contributed by atoms with Crippen molar-refractivity contribution in [3.63, 3.8) is 0 Å². The average Bonchev–Trinajstić information content (AvgIpc) is 2.02. The van der Waals surface area contributed by atoms with E-state index in [-0.39, 0.29) is 5.78 Å². The number of halogens is 1. The molecule has 3 heteroatoms. The zero-order chi connectivity index (χ0) is 10.1. The monoisotopic (exact) mass is 197 g/mol. The molecule has 0 atom stereocenters. The van der Waals surface area contributed by atoms with Gasteiger partial charge in [0.2, 0.25) is 0 Å². The first-order chi connectivity index (χ1) is 5.93. The Labute approximate surface area is 82.9 Å². The second-order valence-corrected chi connectivity index (χ2v) is 4.34. The molecule has 0 saturated carbocycles. The molecule has 13 heavy (non-hydrogen) atoms. The topological polar surface area (TPSA) is 30.0 Å². The van der Waals surface area contributed by atoms with Crippen LogP contribution in [0.15, 0.2) is 18.5 Å². The standard InChI is InChI=1S/C10H12ClNO/c1-10(2,3)9(13)7-4-5-12-6-8(7)11/h4-6H,1-3H3. The van der Waals surface area contributed by atoms with Crippen LogP contribution in [-0.4, -0.2) is 10.8 Å². The summed E-state index contributed by atoms with van der Waals surface area (Å²) in [7, 11) is 0. The highest BCUT2D eigenvalue weighted by atomic mass is 35.5. The molecule has 0 aliphatic carbocycles. The Balaban J connectivity index is 3.10. The minimum Gasteiger partial charge on any atom is -0.294 e. The molecule has 0 amide bonds. The van der Waals surface area contributed by atoms with Crippen molar-refractivity contribution in [3.05, 3.63) is 29.0 Å². The molecule has 0 N–H and O–H groups in total. The highest BCUT2D eigenvalue weighted by Gasteiger charge is 2.24. The van der Waals surface area contributed by atoms with E-state index in [1.807, 2.05) is 20.8 Å². The Morgan fingerprint density at radius 3 is 2.54 bits per heavy atom. The summed E-state index contributed by atoms with van der Waals surface area (Å²) in [5, 5.41) is 0.419. The van der Waals surface area contributed by atoms with E-state index in [0.29, 0.717) is 10.6 Å². The molecule has 0 unspecified atom stereocenters. The van der Waals surface area contributed by atoms with Crippen LogP contribution in [0.4, 0.5) is 0 Å². The highest BCUT2D eigenvalue weighted by Crippen LogP contribution is 2.24. The van der Waals surface area contributed by atoms with E-state index in [0.717, 1.165) is 0 Å². The predicted molar refractivity (Wildman–Crippen MR) is 53.0 cm³/mol. The normalized spacial score (nSPS) is 11.4. The van der Waals surface area contributed by atoms with Gasteiger partial charge in [-0.2, -0.15) is 0 Å². The van der Waals surface area contributed by atoms with Crippen LogP contribution in [-0.2, 0) is 0 Å². The molecule has 0 fully saturated rings. The summed E-state index contributed by atoms with van der Waals surface area (Å²) in [6.45, 7) is 5.60. The van der Waals surface area contributed by atoms with E-state index >= 15 is 0 Å². The lowest BCUT2D eigenvalue weighted by molar-refractivity contribution is 0.0858. The van der Waals surface area contributed by atoms with Crippen molar-refractivity contribution in [2.24, 2.45) is 5.41 Å². The van der Waals surface area contributed by atoms with E-state index in [1.165, 1.54) is 6.20 Å². The molecule has 0 bridgehead atoms. The van der Waals surface area contributed by atoms with Gasteiger partial charge >= 0.3 is 0 Å². The molecule has 1 rings (SSSR count). The second kappa shape index (κ2) is 3.46. The zero-order valence-corrected chi connectivity index (χ0v) is 8.72. The van der Waals surface area contributed by atoms with Gasteiger partial charge in [-0.1, -0.05) is 32.4 Å². The van der Waals surface area contributed by atoms with Gasteiger partial charge in [0.15, 0.2) is 5.78 Å². The number of carbonyl (C=O) groups excluding carboxylic acids is 1. The highest BCUT2D eigenvalue weighted by molar-refractivity contribution is 6.34. The number of carbonyl (C=O) groups is 1. The molecule has 0 aliphatic heterocycles. The van der Waals surface area contributed by atoms with Crippen LogP contribution in [0.1, 0.15) is 31.1 Å². The molecule has 0 aliphatic rings. The summed E-state index contributed by atoms with van der Waals surface area (Å²) in [6, 6.07) is 1.65. The summed E-state index contributed by atoms with van der Waals surface area (Å²) in [6.07, 6.45) is 3.06. The number of hydrogen-bond acceptors (Lipinski definition) is 2. The zero-order valence-electron chi connectivity index (χ0n) is 7.97. The number of nitrogens with zero attached hydrogens (tertiary/aromatic N) is 1. The SMILES string of the molecule is CC(C)(C)C(=O)c1ccncc1Cl. The van der Waals surface area contributed by atoms with Crippen molar-refractivity contribution in [1.82, 2.24) is 4.98 Å².